The molecule has 2 rings (SSSR count). The van der Waals surface area contributed by atoms with E-state index in [-0.39, 0.29) is 23.5 Å². The van der Waals surface area contributed by atoms with Gasteiger partial charge in [0.05, 0.1) is 5.25 Å². The van der Waals surface area contributed by atoms with Gasteiger partial charge in [-0.1, -0.05) is 36.4 Å². The second-order valence-corrected chi connectivity index (χ2v) is 5.80. The van der Waals surface area contributed by atoms with E-state index in [4.69, 9.17) is 0 Å². The molecule has 2 nitrogen and oxygen atoms in total. The average Bonchev–Trinajstić information content (AvgIpc) is 2.47. The van der Waals surface area contributed by atoms with Crippen LogP contribution in [0.5, 0.6) is 0 Å². The molecule has 0 fully saturated rings. The van der Waals surface area contributed by atoms with Crippen molar-refractivity contribution in [3.05, 3.63) is 66.0 Å². The van der Waals surface area contributed by atoms with E-state index in [0.717, 1.165) is 4.90 Å². The van der Waals surface area contributed by atoms with Gasteiger partial charge in [-0.25, -0.2) is 4.39 Å². The molecule has 0 heterocycles. The molecule has 104 valence electrons. The lowest BCUT2D eigenvalue weighted by Crippen LogP contribution is -2.30. The van der Waals surface area contributed by atoms with Crippen molar-refractivity contribution in [2.24, 2.45) is 0 Å². The quantitative estimate of drug-likeness (QED) is 0.852. The zero-order valence-electron chi connectivity index (χ0n) is 11.2. The molecule has 2 aromatic rings. The van der Waals surface area contributed by atoms with Gasteiger partial charge in [0, 0.05) is 17.0 Å². The first-order valence-corrected chi connectivity index (χ1v) is 7.27. The summed E-state index contributed by atoms with van der Waals surface area (Å²) in [4.78, 5) is 13.0. The van der Waals surface area contributed by atoms with E-state index < -0.39 is 0 Å². The maximum absolute atomic E-state index is 13.4. The highest BCUT2D eigenvalue weighted by atomic mass is 32.2. The van der Waals surface area contributed by atoms with Crippen LogP contribution in [0.4, 0.5) is 4.39 Å². The Hall–Kier alpha value is -1.81. The highest BCUT2D eigenvalue weighted by molar-refractivity contribution is 8.00. The number of rotatable bonds is 5. The second-order valence-electron chi connectivity index (χ2n) is 4.38. The van der Waals surface area contributed by atoms with Crippen LogP contribution in [0.15, 0.2) is 59.5 Å². The van der Waals surface area contributed by atoms with E-state index in [1.165, 1.54) is 17.8 Å². The topological polar surface area (TPSA) is 29.1 Å². The molecule has 0 saturated carbocycles. The highest BCUT2D eigenvalue weighted by Crippen LogP contribution is 2.22. The van der Waals surface area contributed by atoms with Crippen molar-refractivity contribution < 1.29 is 9.18 Å². The fourth-order valence-corrected chi connectivity index (χ4v) is 2.64. The molecule has 0 bridgehead atoms. The van der Waals surface area contributed by atoms with Gasteiger partial charge >= 0.3 is 0 Å². The van der Waals surface area contributed by atoms with Crippen LogP contribution in [0.2, 0.25) is 0 Å². The van der Waals surface area contributed by atoms with Crippen molar-refractivity contribution >= 4 is 17.7 Å². The molecule has 4 heteroatoms. The number of amides is 1. The number of carbonyl (C=O) groups excluding carboxylic acids is 1. The summed E-state index contributed by atoms with van der Waals surface area (Å²) in [5, 5.41) is 2.54. The largest absolute Gasteiger partial charge is 0.351 e. The predicted molar refractivity (Wildman–Crippen MR) is 80.0 cm³/mol. The Morgan fingerprint density at radius 2 is 1.80 bits per heavy atom. The first-order valence-electron chi connectivity index (χ1n) is 6.39. The van der Waals surface area contributed by atoms with Crippen LogP contribution in [0.25, 0.3) is 0 Å². The van der Waals surface area contributed by atoms with Gasteiger partial charge in [-0.15, -0.1) is 11.8 Å². The van der Waals surface area contributed by atoms with Crippen LogP contribution in [-0.4, -0.2) is 11.2 Å². The van der Waals surface area contributed by atoms with E-state index >= 15 is 0 Å². The Bertz CT molecular complexity index is 574. The Morgan fingerprint density at radius 1 is 1.15 bits per heavy atom. The van der Waals surface area contributed by atoms with Crippen molar-refractivity contribution in [3.63, 3.8) is 0 Å². The Labute approximate surface area is 122 Å². The lowest BCUT2D eigenvalue weighted by Gasteiger charge is -2.12. The molecule has 1 N–H and O–H groups in total. The summed E-state index contributed by atoms with van der Waals surface area (Å²) in [5.74, 6) is -0.390. The standard InChI is InChI=1S/C16H16FNOS/c1-12(20-14-8-3-2-4-9-14)16(19)18-11-13-7-5-6-10-15(13)17/h2-10,12H,11H2,1H3,(H,18,19). The predicted octanol–water partition coefficient (Wildman–Crippen LogP) is 3.62. The van der Waals surface area contributed by atoms with Gasteiger partial charge in [0.25, 0.3) is 0 Å². The first kappa shape index (κ1) is 14.6. The Balaban J connectivity index is 1.87. The first-order chi connectivity index (χ1) is 9.66. The van der Waals surface area contributed by atoms with E-state index in [0.29, 0.717) is 5.56 Å². The van der Waals surface area contributed by atoms with E-state index in [9.17, 15) is 9.18 Å². The molecule has 1 unspecified atom stereocenters. The minimum atomic E-state index is -0.295. The van der Waals surface area contributed by atoms with Crippen molar-refractivity contribution in [3.8, 4) is 0 Å². The van der Waals surface area contributed by atoms with E-state index in [1.54, 1.807) is 18.2 Å². The van der Waals surface area contributed by atoms with Crippen LogP contribution < -0.4 is 5.32 Å². The number of hydrogen-bond donors (Lipinski definition) is 1. The third-order valence-electron chi connectivity index (χ3n) is 2.84. The van der Waals surface area contributed by atoms with Gasteiger partial charge in [0.15, 0.2) is 0 Å². The second kappa shape index (κ2) is 7.10. The molecular weight excluding hydrogens is 273 g/mol. The molecule has 1 atom stereocenters. The molecule has 0 spiro atoms. The van der Waals surface area contributed by atoms with Gasteiger partial charge in [-0.05, 0) is 25.1 Å². The molecule has 0 aliphatic heterocycles. The third-order valence-corrected chi connectivity index (χ3v) is 3.95. The average molecular weight is 289 g/mol. The van der Waals surface area contributed by atoms with Crippen LogP contribution in [-0.2, 0) is 11.3 Å². The molecule has 0 saturated heterocycles. The summed E-state index contributed by atoms with van der Waals surface area (Å²) in [6.45, 7) is 2.06. The molecule has 1 amide bonds. The number of benzene rings is 2. The maximum atomic E-state index is 13.4. The molecule has 2 aromatic carbocycles. The molecule has 0 aliphatic rings. The van der Waals surface area contributed by atoms with Gasteiger partial charge in [0.1, 0.15) is 5.82 Å². The highest BCUT2D eigenvalue weighted by Gasteiger charge is 2.14. The minimum absolute atomic E-state index is 0.0953. The lowest BCUT2D eigenvalue weighted by molar-refractivity contribution is -0.120. The fourth-order valence-electron chi connectivity index (χ4n) is 1.72. The fraction of sp³-hybridized carbons (Fsp3) is 0.188. The summed E-state index contributed by atoms with van der Waals surface area (Å²) >= 11 is 1.49. The number of halogens is 1. The summed E-state index contributed by atoms with van der Waals surface area (Å²) in [6.07, 6.45) is 0. The van der Waals surface area contributed by atoms with Crippen molar-refractivity contribution in [2.75, 3.05) is 0 Å². The van der Waals surface area contributed by atoms with Crippen LogP contribution in [0.1, 0.15) is 12.5 Å². The van der Waals surface area contributed by atoms with Gasteiger partial charge in [-0.2, -0.15) is 0 Å². The zero-order chi connectivity index (χ0) is 14.4. The third kappa shape index (κ3) is 4.10. The van der Waals surface area contributed by atoms with Crippen LogP contribution in [0, 0.1) is 5.82 Å². The Morgan fingerprint density at radius 3 is 2.50 bits per heavy atom. The smallest absolute Gasteiger partial charge is 0.233 e. The number of nitrogens with one attached hydrogen (secondary N) is 1. The SMILES string of the molecule is CC(Sc1ccccc1)C(=O)NCc1ccccc1F. The molecule has 0 aliphatic carbocycles. The zero-order valence-corrected chi connectivity index (χ0v) is 12.0. The van der Waals surface area contributed by atoms with Crippen molar-refractivity contribution in [1.82, 2.24) is 5.32 Å². The Kier molecular flexibility index (Phi) is 5.18. The maximum Gasteiger partial charge on any atom is 0.233 e. The van der Waals surface area contributed by atoms with Gasteiger partial charge < -0.3 is 5.32 Å². The molecule has 0 aromatic heterocycles. The van der Waals surface area contributed by atoms with Gasteiger partial charge in [0.2, 0.25) is 5.91 Å². The van der Waals surface area contributed by atoms with Gasteiger partial charge in [-0.3, -0.25) is 4.79 Å². The van der Waals surface area contributed by atoms with Crippen molar-refractivity contribution in [1.29, 1.82) is 0 Å². The summed E-state index contributed by atoms with van der Waals surface area (Å²) in [6, 6.07) is 16.2. The normalized spacial score (nSPS) is 11.9. The summed E-state index contributed by atoms with van der Waals surface area (Å²) < 4.78 is 13.4. The molecular formula is C16H16FNOS. The van der Waals surface area contributed by atoms with Crippen LogP contribution >= 0.6 is 11.8 Å². The van der Waals surface area contributed by atoms with Crippen molar-refractivity contribution in [2.45, 2.75) is 23.6 Å². The molecule has 20 heavy (non-hydrogen) atoms. The number of carbonyl (C=O) groups is 1. The molecule has 0 radical (unpaired) electrons. The lowest BCUT2D eigenvalue weighted by atomic mass is 10.2. The minimum Gasteiger partial charge on any atom is -0.351 e. The summed E-state index contributed by atoms with van der Waals surface area (Å²) in [5.41, 5.74) is 0.498. The monoisotopic (exact) mass is 289 g/mol. The van der Waals surface area contributed by atoms with Crippen LogP contribution in [0.3, 0.4) is 0 Å². The number of hydrogen-bond acceptors (Lipinski definition) is 2. The summed E-state index contributed by atoms with van der Waals surface area (Å²) in [7, 11) is 0. The van der Waals surface area contributed by atoms with E-state index in [2.05, 4.69) is 5.32 Å². The number of thioether (sulfide) groups is 1. The van der Waals surface area contributed by atoms with E-state index in [1.807, 2.05) is 37.3 Å².